The van der Waals surface area contributed by atoms with E-state index in [0.29, 0.717) is 12.5 Å². The maximum Gasteiger partial charge on any atom is 0.416 e. The van der Waals surface area contributed by atoms with E-state index in [0.717, 1.165) is 18.6 Å². The van der Waals surface area contributed by atoms with Crippen LogP contribution < -0.4 is 10.5 Å². The third kappa shape index (κ3) is 6.17. The van der Waals surface area contributed by atoms with Gasteiger partial charge in [-0.3, -0.25) is 4.79 Å². The van der Waals surface area contributed by atoms with Gasteiger partial charge < -0.3 is 10.5 Å². The molecule has 23 heavy (non-hydrogen) atoms. The van der Waals surface area contributed by atoms with E-state index < -0.39 is 23.6 Å². The summed E-state index contributed by atoms with van der Waals surface area (Å²) >= 11 is 0. The molecule has 3 nitrogen and oxygen atoms in total. The van der Waals surface area contributed by atoms with E-state index in [9.17, 15) is 22.4 Å². The summed E-state index contributed by atoms with van der Waals surface area (Å²) in [5.41, 5.74) is 4.68. The van der Waals surface area contributed by atoms with Crippen molar-refractivity contribution in [3.05, 3.63) is 29.6 Å². The van der Waals surface area contributed by atoms with E-state index in [2.05, 4.69) is 0 Å². The van der Waals surface area contributed by atoms with Crippen LogP contribution in [-0.2, 0) is 11.0 Å². The minimum absolute atomic E-state index is 0.0136. The number of hydrogen-bond acceptors (Lipinski definition) is 3. The molecule has 0 amide bonds. The number of benzene rings is 1. The fourth-order valence-corrected chi connectivity index (χ4v) is 1.98. The Bertz CT molecular complexity index is 531. The van der Waals surface area contributed by atoms with Crippen LogP contribution in [0.4, 0.5) is 17.6 Å². The molecule has 1 aromatic carbocycles. The minimum Gasteiger partial charge on any atom is -0.493 e. The van der Waals surface area contributed by atoms with Gasteiger partial charge in [-0.2, -0.15) is 13.2 Å². The lowest BCUT2D eigenvalue weighted by Gasteiger charge is -2.17. The lowest BCUT2D eigenvalue weighted by molar-refractivity contribution is -0.137. The summed E-state index contributed by atoms with van der Waals surface area (Å²) in [4.78, 5) is 11.8. The highest BCUT2D eigenvalue weighted by atomic mass is 19.4. The highest BCUT2D eigenvalue weighted by molar-refractivity contribution is 5.83. The van der Waals surface area contributed by atoms with Crippen molar-refractivity contribution in [2.24, 2.45) is 11.7 Å². The normalized spacial score (nSPS) is 14.4. The second-order valence-electron chi connectivity index (χ2n) is 5.50. The first-order valence-corrected chi connectivity index (χ1v) is 7.44. The number of halogens is 4. The number of carbonyl (C=O) groups is 1. The van der Waals surface area contributed by atoms with Gasteiger partial charge in [-0.25, -0.2) is 4.39 Å². The lowest BCUT2D eigenvalue weighted by Crippen LogP contribution is -2.36. The summed E-state index contributed by atoms with van der Waals surface area (Å²) in [6.07, 6.45) is -3.38. The number of carbonyl (C=O) groups excluding carboxylic acids is 1. The van der Waals surface area contributed by atoms with Gasteiger partial charge in [0.15, 0.2) is 0 Å². The van der Waals surface area contributed by atoms with Gasteiger partial charge in [-0.1, -0.05) is 20.3 Å². The molecule has 0 fully saturated rings. The molecule has 0 unspecified atom stereocenters. The molecule has 2 atom stereocenters. The van der Waals surface area contributed by atoms with E-state index in [1.165, 1.54) is 0 Å². The molecule has 130 valence electrons. The van der Waals surface area contributed by atoms with Gasteiger partial charge in [0.2, 0.25) is 0 Å². The Morgan fingerprint density at radius 1 is 1.30 bits per heavy atom. The van der Waals surface area contributed by atoms with Crippen molar-refractivity contribution in [2.45, 2.75) is 45.3 Å². The molecule has 1 rings (SSSR count). The van der Waals surface area contributed by atoms with E-state index >= 15 is 0 Å². The van der Waals surface area contributed by atoms with Crippen LogP contribution in [-0.4, -0.2) is 18.4 Å². The molecular weight excluding hydrogens is 314 g/mol. The first kappa shape index (κ1) is 19.4. The monoisotopic (exact) mass is 335 g/mol. The van der Waals surface area contributed by atoms with Gasteiger partial charge in [-0.15, -0.1) is 0 Å². The Balaban J connectivity index is 2.51. The van der Waals surface area contributed by atoms with Gasteiger partial charge in [0.1, 0.15) is 17.3 Å². The van der Waals surface area contributed by atoms with Crippen molar-refractivity contribution < 1.29 is 27.1 Å². The highest BCUT2D eigenvalue weighted by Gasteiger charge is 2.31. The largest absolute Gasteiger partial charge is 0.493 e. The first-order chi connectivity index (χ1) is 10.6. The molecule has 0 aromatic heterocycles. The molecule has 0 saturated carbocycles. The van der Waals surface area contributed by atoms with Crippen LogP contribution in [0.2, 0.25) is 0 Å². The van der Waals surface area contributed by atoms with Gasteiger partial charge in [0.05, 0.1) is 18.2 Å². The van der Waals surface area contributed by atoms with Crippen molar-refractivity contribution in [2.75, 3.05) is 6.61 Å². The fourth-order valence-electron chi connectivity index (χ4n) is 1.98. The predicted octanol–water partition coefficient (Wildman–Crippen LogP) is 3.95. The highest BCUT2D eigenvalue weighted by Crippen LogP contribution is 2.32. The van der Waals surface area contributed by atoms with Gasteiger partial charge >= 0.3 is 6.18 Å². The molecule has 0 saturated heterocycles. The average molecular weight is 335 g/mol. The molecule has 0 spiro atoms. The summed E-state index contributed by atoms with van der Waals surface area (Å²) < 4.78 is 56.0. The van der Waals surface area contributed by atoms with Crippen LogP contribution in [0.5, 0.6) is 5.75 Å². The Morgan fingerprint density at radius 2 is 1.96 bits per heavy atom. The third-order valence-corrected chi connectivity index (χ3v) is 3.66. The van der Waals surface area contributed by atoms with E-state index in [1.54, 1.807) is 0 Å². The summed E-state index contributed by atoms with van der Waals surface area (Å²) in [7, 11) is 0. The molecule has 0 heterocycles. The zero-order chi connectivity index (χ0) is 17.6. The molecule has 7 heteroatoms. The van der Waals surface area contributed by atoms with E-state index in [-0.39, 0.29) is 30.5 Å². The zero-order valence-electron chi connectivity index (χ0n) is 13.1. The number of ether oxygens (including phenoxy) is 1. The molecule has 0 bridgehead atoms. The lowest BCUT2D eigenvalue weighted by atomic mass is 9.94. The third-order valence-electron chi connectivity index (χ3n) is 3.66. The Morgan fingerprint density at radius 3 is 2.52 bits per heavy atom. The number of nitrogens with two attached hydrogens (primary N) is 1. The second-order valence-corrected chi connectivity index (χ2v) is 5.50. The average Bonchev–Trinajstić information content (AvgIpc) is 2.48. The van der Waals surface area contributed by atoms with Crippen LogP contribution in [0.15, 0.2) is 18.2 Å². The molecule has 0 aliphatic heterocycles. The van der Waals surface area contributed by atoms with E-state index in [1.807, 2.05) is 13.8 Å². The summed E-state index contributed by atoms with van der Waals surface area (Å²) in [5.74, 6) is -1.28. The Labute approximate surface area is 132 Å². The standard InChI is InChI=1S/C16H21F4NO2/c1-3-10(2)15(21)14(22)5-4-6-23-13-8-11(16(18,19)20)7-12(17)9-13/h7-10,15H,3-6,21H2,1-2H3/t10-,15-/m1/s1. The summed E-state index contributed by atoms with van der Waals surface area (Å²) in [5, 5.41) is 0. The van der Waals surface area contributed by atoms with Crippen molar-refractivity contribution in [1.82, 2.24) is 0 Å². The number of Topliss-reactive ketones (excluding diaryl/α,β-unsaturated/α-hetero) is 1. The fraction of sp³-hybridized carbons (Fsp3) is 0.562. The summed E-state index contributed by atoms with van der Waals surface area (Å²) in [6, 6.07) is 1.46. The second kappa shape index (κ2) is 8.29. The zero-order valence-corrected chi connectivity index (χ0v) is 13.1. The van der Waals surface area contributed by atoms with Gasteiger partial charge in [-0.05, 0) is 24.5 Å². The van der Waals surface area contributed by atoms with Gasteiger partial charge in [0, 0.05) is 12.5 Å². The molecule has 0 aliphatic rings. The number of ketones is 1. The maximum atomic E-state index is 13.2. The van der Waals surface area contributed by atoms with Crippen molar-refractivity contribution in [3.63, 3.8) is 0 Å². The molecule has 2 N–H and O–H groups in total. The van der Waals surface area contributed by atoms with Crippen molar-refractivity contribution in [1.29, 1.82) is 0 Å². The molecule has 0 aliphatic carbocycles. The van der Waals surface area contributed by atoms with Crippen molar-refractivity contribution in [3.8, 4) is 5.75 Å². The van der Waals surface area contributed by atoms with Crippen LogP contribution in [0, 0.1) is 11.7 Å². The Hall–Kier alpha value is -1.63. The van der Waals surface area contributed by atoms with Gasteiger partial charge in [0.25, 0.3) is 0 Å². The first-order valence-electron chi connectivity index (χ1n) is 7.44. The molecule has 1 aromatic rings. The number of alkyl halides is 3. The van der Waals surface area contributed by atoms with Crippen LogP contribution in [0.3, 0.4) is 0 Å². The number of hydrogen-bond donors (Lipinski definition) is 1. The SMILES string of the molecule is CC[C@@H](C)[C@@H](N)C(=O)CCCOc1cc(F)cc(C(F)(F)F)c1. The Kier molecular flexibility index (Phi) is 7.00. The minimum atomic E-state index is -4.64. The summed E-state index contributed by atoms with van der Waals surface area (Å²) in [6.45, 7) is 3.83. The quantitative estimate of drug-likeness (QED) is 0.578. The topological polar surface area (TPSA) is 52.3 Å². The van der Waals surface area contributed by atoms with E-state index in [4.69, 9.17) is 10.5 Å². The van der Waals surface area contributed by atoms with Crippen LogP contribution >= 0.6 is 0 Å². The van der Waals surface area contributed by atoms with Crippen molar-refractivity contribution >= 4 is 5.78 Å². The van der Waals surface area contributed by atoms with Crippen LogP contribution in [0.25, 0.3) is 0 Å². The molecule has 0 radical (unpaired) electrons. The number of rotatable bonds is 8. The van der Waals surface area contributed by atoms with Crippen LogP contribution in [0.1, 0.15) is 38.7 Å². The molecular formula is C16H21F4NO2. The maximum absolute atomic E-state index is 13.2. The smallest absolute Gasteiger partial charge is 0.416 e. The predicted molar refractivity (Wildman–Crippen MR) is 78.6 cm³/mol.